The van der Waals surface area contributed by atoms with Gasteiger partial charge in [0, 0.05) is 20.1 Å². The van der Waals surface area contributed by atoms with Crippen molar-refractivity contribution in [3.8, 4) is 0 Å². The van der Waals surface area contributed by atoms with Crippen molar-refractivity contribution in [2.24, 2.45) is 7.05 Å². The Balaban J connectivity index is 1.87. The lowest BCUT2D eigenvalue weighted by atomic mass is 10.1. The Bertz CT molecular complexity index is 481. The first-order valence-electron chi connectivity index (χ1n) is 5.52. The molecule has 0 atom stereocenters. The van der Waals surface area contributed by atoms with Crippen LogP contribution in [0.2, 0.25) is 0 Å². The van der Waals surface area contributed by atoms with Crippen LogP contribution in [-0.4, -0.2) is 20.1 Å². The maximum Gasteiger partial charge on any atom is 0.0738 e. The number of rotatable bonds is 5. The summed E-state index contributed by atoms with van der Waals surface area (Å²) in [4.78, 5) is 0. The number of nitrogens with one attached hydrogen (secondary N) is 1. The van der Waals surface area contributed by atoms with Gasteiger partial charge in [0.1, 0.15) is 0 Å². The average Bonchev–Trinajstić information content (AvgIpc) is 2.76. The van der Waals surface area contributed by atoms with Crippen molar-refractivity contribution in [1.82, 2.24) is 20.3 Å². The summed E-state index contributed by atoms with van der Waals surface area (Å²) in [5.41, 5.74) is 3.14. The molecule has 0 aliphatic rings. The van der Waals surface area contributed by atoms with Crippen LogP contribution in [0.4, 0.5) is 0 Å². The fraction of sp³-hybridized carbons (Fsp3) is 0.333. The molecule has 0 saturated heterocycles. The summed E-state index contributed by atoms with van der Waals surface area (Å²) in [7, 11) is 1.87. The van der Waals surface area contributed by atoms with E-state index in [1.165, 1.54) is 0 Å². The summed E-state index contributed by atoms with van der Waals surface area (Å²) in [6.07, 6.45) is 1.75. The second kappa shape index (κ2) is 5.56. The molecular weight excluding hydrogens is 216 g/mol. The van der Waals surface area contributed by atoms with Gasteiger partial charge in [-0.3, -0.25) is 4.68 Å². The zero-order chi connectivity index (χ0) is 12.1. The molecule has 0 spiro atoms. The third-order valence-electron chi connectivity index (χ3n) is 2.62. The van der Waals surface area contributed by atoms with Crippen molar-refractivity contribution in [2.75, 3.05) is 0 Å². The molecule has 2 rings (SSSR count). The molecular formula is C12H16N4O. The second-order valence-electron chi connectivity index (χ2n) is 3.93. The van der Waals surface area contributed by atoms with E-state index in [-0.39, 0.29) is 6.61 Å². The fourth-order valence-corrected chi connectivity index (χ4v) is 1.64. The number of aromatic nitrogens is 3. The predicted octanol–water partition coefficient (Wildman–Crippen LogP) is 0.597. The van der Waals surface area contributed by atoms with E-state index in [1.54, 1.807) is 10.9 Å². The highest BCUT2D eigenvalue weighted by molar-refractivity contribution is 5.22. The number of benzene rings is 1. The van der Waals surface area contributed by atoms with E-state index in [0.717, 1.165) is 29.9 Å². The van der Waals surface area contributed by atoms with Gasteiger partial charge in [0.05, 0.1) is 18.5 Å². The summed E-state index contributed by atoms with van der Waals surface area (Å²) in [6, 6.07) is 7.89. The van der Waals surface area contributed by atoms with Crippen molar-refractivity contribution < 1.29 is 5.11 Å². The van der Waals surface area contributed by atoms with Gasteiger partial charge >= 0.3 is 0 Å². The van der Waals surface area contributed by atoms with E-state index < -0.39 is 0 Å². The molecule has 1 aromatic carbocycles. The molecule has 1 heterocycles. The average molecular weight is 232 g/mol. The number of aliphatic hydroxyl groups is 1. The third kappa shape index (κ3) is 3.12. The number of aryl methyl sites for hydroxylation is 1. The molecule has 0 saturated carbocycles. The van der Waals surface area contributed by atoms with Gasteiger partial charge in [-0.15, -0.1) is 5.10 Å². The van der Waals surface area contributed by atoms with Crippen LogP contribution in [0.5, 0.6) is 0 Å². The van der Waals surface area contributed by atoms with Gasteiger partial charge in [0.15, 0.2) is 0 Å². The van der Waals surface area contributed by atoms with Crippen LogP contribution in [0.1, 0.15) is 16.8 Å². The molecule has 2 aromatic rings. The van der Waals surface area contributed by atoms with Gasteiger partial charge in [-0.1, -0.05) is 29.5 Å². The first-order chi connectivity index (χ1) is 8.29. The molecule has 90 valence electrons. The molecule has 0 aliphatic carbocycles. The number of aliphatic hydroxyl groups excluding tert-OH is 1. The highest BCUT2D eigenvalue weighted by Crippen LogP contribution is 2.05. The minimum absolute atomic E-state index is 0.0828. The molecule has 0 fully saturated rings. The Hall–Kier alpha value is -1.72. The van der Waals surface area contributed by atoms with Crippen molar-refractivity contribution in [3.63, 3.8) is 0 Å². The summed E-state index contributed by atoms with van der Waals surface area (Å²) >= 11 is 0. The Kier molecular flexibility index (Phi) is 3.85. The van der Waals surface area contributed by atoms with Crippen LogP contribution in [-0.2, 0) is 26.7 Å². The van der Waals surface area contributed by atoms with Crippen LogP contribution in [0.25, 0.3) is 0 Å². The molecule has 5 heteroatoms. The van der Waals surface area contributed by atoms with Crippen LogP contribution >= 0.6 is 0 Å². The van der Waals surface area contributed by atoms with Crippen LogP contribution in [0.3, 0.4) is 0 Å². The Morgan fingerprint density at radius 3 is 2.82 bits per heavy atom. The highest BCUT2D eigenvalue weighted by atomic mass is 16.3. The summed E-state index contributed by atoms with van der Waals surface area (Å²) in [5, 5.41) is 20.0. The molecule has 0 aliphatic heterocycles. The number of hydrogen-bond donors (Lipinski definition) is 2. The van der Waals surface area contributed by atoms with Crippen LogP contribution < -0.4 is 5.32 Å². The second-order valence-corrected chi connectivity index (χ2v) is 3.93. The largest absolute Gasteiger partial charge is 0.392 e. The van der Waals surface area contributed by atoms with E-state index in [1.807, 2.05) is 31.3 Å². The van der Waals surface area contributed by atoms with E-state index in [4.69, 9.17) is 5.11 Å². The molecule has 5 nitrogen and oxygen atoms in total. The van der Waals surface area contributed by atoms with Crippen molar-refractivity contribution in [2.45, 2.75) is 19.7 Å². The summed E-state index contributed by atoms with van der Waals surface area (Å²) < 4.78 is 1.75. The number of nitrogens with zero attached hydrogens (tertiary/aromatic N) is 3. The number of hydrogen-bond acceptors (Lipinski definition) is 4. The molecule has 1 aromatic heterocycles. The zero-order valence-electron chi connectivity index (χ0n) is 9.80. The van der Waals surface area contributed by atoms with Crippen LogP contribution in [0, 0.1) is 0 Å². The smallest absolute Gasteiger partial charge is 0.0738 e. The maximum atomic E-state index is 9.03. The van der Waals surface area contributed by atoms with Gasteiger partial charge in [0.2, 0.25) is 0 Å². The third-order valence-corrected chi connectivity index (χ3v) is 2.62. The minimum atomic E-state index is 0.0828. The normalized spacial score (nSPS) is 10.7. The monoisotopic (exact) mass is 232 g/mol. The quantitative estimate of drug-likeness (QED) is 0.792. The maximum absolute atomic E-state index is 9.03. The van der Waals surface area contributed by atoms with Gasteiger partial charge in [-0.05, 0) is 11.1 Å². The van der Waals surface area contributed by atoms with Gasteiger partial charge in [-0.2, -0.15) is 0 Å². The Labute approximate surface area is 100 Å². The topological polar surface area (TPSA) is 63.0 Å². The molecule has 0 bridgehead atoms. The standard InChI is InChI=1S/C12H16N4O/c1-16-12(8-14-15-16)7-13-6-10-3-2-4-11(5-10)9-17/h2-5,8,13,17H,6-7,9H2,1H3. The van der Waals surface area contributed by atoms with Crippen molar-refractivity contribution in [3.05, 3.63) is 47.3 Å². The SMILES string of the molecule is Cn1nncc1CNCc1cccc(CO)c1. The Morgan fingerprint density at radius 2 is 2.12 bits per heavy atom. The molecule has 0 unspecified atom stereocenters. The lowest BCUT2D eigenvalue weighted by Crippen LogP contribution is -2.15. The first-order valence-corrected chi connectivity index (χ1v) is 5.52. The fourth-order valence-electron chi connectivity index (χ4n) is 1.64. The molecule has 0 amide bonds. The van der Waals surface area contributed by atoms with Crippen molar-refractivity contribution >= 4 is 0 Å². The van der Waals surface area contributed by atoms with Gasteiger partial charge < -0.3 is 10.4 Å². The van der Waals surface area contributed by atoms with Gasteiger partial charge in [0.25, 0.3) is 0 Å². The van der Waals surface area contributed by atoms with E-state index in [0.29, 0.717) is 0 Å². The zero-order valence-corrected chi connectivity index (χ0v) is 9.80. The Morgan fingerprint density at radius 1 is 1.29 bits per heavy atom. The van der Waals surface area contributed by atoms with E-state index >= 15 is 0 Å². The summed E-state index contributed by atoms with van der Waals surface area (Å²) in [5.74, 6) is 0. The molecule has 2 N–H and O–H groups in total. The van der Waals surface area contributed by atoms with Crippen LogP contribution in [0.15, 0.2) is 30.5 Å². The van der Waals surface area contributed by atoms with E-state index in [9.17, 15) is 0 Å². The molecule has 0 radical (unpaired) electrons. The lowest BCUT2D eigenvalue weighted by molar-refractivity contribution is 0.281. The predicted molar refractivity (Wildman–Crippen MR) is 63.9 cm³/mol. The highest BCUT2D eigenvalue weighted by Gasteiger charge is 1.99. The summed E-state index contributed by atoms with van der Waals surface area (Å²) in [6.45, 7) is 1.57. The lowest BCUT2D eigenvalue weighted by Gasteiger charge is -2.06. The first kappa shape index (κ1) is 11.8. The van der Waals surface area contributed by atoms with E-state index in [2.05, 4.69) is 15.6 Å². The minimum Gasteiger partial charge on any atom is -0.392 e. The molecule has 17 heavy (non-hydrogen) atoms. The van der Waals surface area contributed by atoms with Crippen molar-refractivity contribution in [1.29, 1.82) is 0 Å². The van der Waals surface area contributed by atoms with Gasteiger partial charge in [-0.25, -0.2) is 0 Å².